The van der Waals surface area contributed by atoms with Gasteiger partial charge in [-0.2, -0.15) is 0 Å². The van der Waals surface area contributed by atoms with Gasteiger partial charge in [0.05, 0.1) is 19.3 Å². The van der Waals surface area contributed by atoms with E-state index in [1.807, 2.05) is 4.90 Å². The molecule has 0 saturated carbocycles. The van der Waals surface area contributed by atoms with Gasteiger partial charge >= 0.3 is 0 Å². The molecule has 1 saturated heterocycles. The molecule has 21 heavy (non-hydrogen) atoms. The summed E-state index contributed by atoms with van der Waals surface area (Å²) < 4.78 is 32.8. The van der Waals surface area contributed by atoms with Crippen LogP contribution in [0.15, 0.2) is 29.8 Å². The molecule has 0 bridgehead atoms. The molecular weight excluding hydrogens is 276 g/mol. The number of rotatable bonds is 3. The topological polar surface area (TPSA) is 32.7 Å². The Kier molecular flexibility index (Phi) is 4.33. The fourth-order valence-electron chi connectivity index (χ4n) is 3.13. The lowest BCUT2D eigenvalue weighted by molar-refractivity contribution is 0.137. The van der Waals surface area contributed by atoms with Crippen molar-refractivity contribution in [3.63, 3.8) is 0 Å². The Morgan fingerprint density at radius 2 is 2.19 bits per heavy atom. The number of halogens is 2. The molecule has 2 atom stereocenters. The van der Waals surface area contributed by atoms with E-state index < -0.39 is 17.7 Å². The third-order valence-electron chi connectivity index (χ3n) is 4.09. The number of β-amino-alcohol motifs (C(OH)–C–C–N with tert-alkyl or cyclic N) is 1. The Balaban J connectivity index is 1.81. The molecule has 1 N–H and O–H groups in total. The van der Waals surface area contributed by atoms with E-state index >= 15 is 0 Å². The van der Waals surface area contributed by atoms with Crippen molar-refractivity contribution in [3.8, 4) is 0 Å². The van der Waals surface area contributed by atoms with Crippen molar-refractivity contribution >= 4 is 0 Å². The SMILES string of the molecule is OC1CC(c2cc(F)ccc2F)N(CC2=CCCOC2)C1. The summed E-state index contributed by atoms with van der Waals surface area (Å²) in [6, 6.07) is 3.21. The summed E-state index contributed by atoms with van der Waals surface area (Å²) in [6.07, 6.45) is 2.93. The quantitative estimate of drug-likeness (QED) is 0.869. The number of benzene rings is 1. The van der Waals surface area contributed by atoms with Crippen molar-refractivity contribution < 1.29 is 18.6 Å². The average Bonchev–Trinajstić information content (AvgIpc) is 2.83. The van der Waals surface area contributed by atoms with Crippen LogP contribution >= 0.6 is 0 Å². The summed E-state index contributed by atoms with van der Waals surface area (Å²) in [7, 11) is 0. The summed E-state index contributed by atoms with van der Waals surface area (Å²) in [5.74, 6) is -0.873. The summed E-state index contributed by atoms with van der Waals surface area (Å²) in [5.41, 5.74) is 1.46. The highest BCUT2D eigenvalue weighted by molar-refractivity contribution is 5.24. The lowest BCUT2D eigenvalue weighted by atomic mass is 10.0. The third kappa shape index (κ3) is 3.31. The average molecular weight is 295 g/mol. The smallest absolute Gasteiger partial charge is 0.128 e. The maximum Gasteiger partial charge on any atom is 0.128 e. The molecular formula is C16H19F2NO2. The molecule has 2 unspecified atom stereocenters. The maximum absolute atomic E-state index is 14.0. The third-order valence-corrected chi connectivity index (χ3v) is 4.09. The Morgan fingerprint density at radius 1 is 1.33 bits per heavy atom. The zero-order valence-electron chi connectivity index (χ0n) is 11.8. The highest BCUT2D eigenvalue weighted by Crippen LogP contribution is 2.34. The van der Waals surface area contributed by atoms with E-state index in [1.165, 1.54) is 6.07 Å². The molecule has 114 valence electrons. The van der Waals surface area contributed by atoms with Crippen LogP contribution in [0.25, 0.3) is 0 Å². The molecule has 0 spiro atoms. The Labute approximate surface area is 122 Å². The van der Waals surface area contributed by atoms with Gasteiger partial charge in [0, 0.05) is 24.7 Å². The summed E-state index contributed by atoms with van der Waals surface area (Å²) in [4.78, 5) is 2.00. The van der Waals surface area contributed by atoms with Gasteiger partial charge in [0.25, 0.3) is 0 Å². The van der Waals surface area contributed by atoms with E-state index in [0.717, 1.165) is 30.7 Å². The van der Waals surface area contributed by atoms with Crippen LogP contribution in [0.1, 0.15) is 24.4 Å². The number of hydrogen-bond acceptors (Lipinski definition) is 3. The standard InChI is InChI=1S/C16H19F2NO2/c17-12-3-4-15(18)14(6-12)16-7-13(20)9-19(16)8-11-2-1-5-21-10-11/h2-4,6,13,16,20H,1,5,7-10H2. The van der Waals surface area contributed by atoms with Gasteiger partial charge in [0.2, 0.25) is 0 Å². The molecule has 1 fully saturated rings. The van der Waals surface area contributed by atoms with Gasteiger partial charge in [-0.05, 0) is 36.6 Å². The van der Waals surface area contributed by atoms with Crippen LogP contribution < -0.4 is 0 Å². The molecule has 2 aliphatic rings. The van der Waals surface area contributed by atoms with E-state index in [4.69, 9.17) is 4.74 Å². The summed E-state index contributed by atoms with van der Waals surface area (Å²) in [5, 5.41) is 9.91. The van der Waals surface area contributed by atoms with Crippen LogP contribution in [0, 0.1) is 11.6 Å². The molecule has 2 heterocycles. The minimum absolute atomic E-state index is 0.293. The highest BCUT2D eigenvalue weighted by atomic mass is 19.1. The van der Waals surface area contributed by atoms with Gasteiger partial charge in [0.15, 0.2) is 0 Å². The van der Waals surface area contributed by atoms with E-state index in [9.17, 15) is 13.9 Å². The van der Waals surface area contributed by atoms with Crippen LogP contribution in [-0.2, 0) is 4.74 Å². The number of aliphatic hydroxyl groups is 1. The molecule has 1 aromatic rings. The predicted molar refractivity (Wildman–Crippen MR) is 74.8 cm³/mol. The summed E-state index contributed by atoms with van der Waals surface area (Å²) >= 11 is 0. The molecule has 5 heteroatoms. The van der Waals surface area contributed by atoms with E-state index in [1.54, 1.807) is 0 Å². The van der Waals surface area contributed by atoms with Crippen molar-refractivity contribution in [2.75, 3.05) is 26.3 Å². The minimum atomic E-state index is -0.511. The molecule has 0 amide bonds. The first-order chi connectivity index (χ1) is 10.1. The van der Waals surface area contributed by atoms with Crippen molar-refractivity contribution in [1.29, 1.82) is 0 Å². The second kappa shape index (κ2) is 6.22. The van der Waals surface area contributed by atoms with Crippen LogP contribution in [0.2, 0.25) is 0 Å². The van der Waals surface area contributed by atoms with E-state index in [-0.39, 0.29) is 6.04 Å². The van der Waals surface area contributed by atoms with Crippen LogP contribution in [0.3, 0.4) is 0 Å². The number of hydrogen-bond donors (Lipinski definition) is 1. The Hall–Kier alpha value is -1.30. The normalized spacial score (nSPS) is 26.9. The van der Waals surface area contributed by atoms with Crippen LogP contribution in [0.4, 0.5) is 8.78 Å². The van der Waals surface area contributed by atoms with Crippen molar-refractivity contribution in [2.24, 2.45) is 0 Å². The molecule has 3 rings (SSSR count). The van der Waals surface area contributed by atoms with Gasteiger partial charge in [-0.15, -0.1) is 0 Å². The lowest BCUT2D eigenvalue weighted by Crippen LogP contribution is -2.29. The maximum atomic E-state index is 14.0. The van der Waals surface area contributed by atoms with Gasteiger partial charge in [-0.1, -0.05) is 6.08 Å². The van der Waals surface area contributed by atoms with Crippen LogP contribution in [-0.4, -0.2) is 42.4 Å². The fraction of sp³-hybridized carbons (Fsp3) is 0.500. The minimum Gasteiger partial charge on any atom is -0.392 e. The second-order valence-corrected chi connectivity index (χ2v) is 5.70. The molecule has 3 nitrogen and oxygen atoms in total. The first kappa shape index (κ1) is 14.6. The molecule has 1 aromatic carbocycles. The predicted octanol–water partition coefficient (Wildman–Crippen LogP) is 2.42. The van der Waals surface area contributed by atoms with Crippen molar-refractivity contribution in [3.05, 3.63) is 47.0 Å². The molecule has 0 radical (unpaired) electrons. The van der Waals surface area contributed by atoms with Gasteiger partial charge in [-0.25, -0.2) is 8.78 Å². The van der Waals surface area contributed by atoms with E-state index in [0.29, 0.717) is 31.7 Å². The van der Waals surface area contributed by atoms with Crippen molar-refractivity contribution in [1.82, 2.24) is 4.90 Å². The van der Waals surface area contributed by atoms with Crippen LogP contribution in [0.5, 0.6) is 0 Å². The first-order valence-electron chi connectivity index (χ1n) is 7.26. The van der Waals surface area contributed by atoms with Gasteiger partial charge in [0.1, 0.15) is 11.6 Å². The number of aliphatic hydroxyl groups excluding tert-OH is 1. The number of nitrogens with zero attached hydrogens (tertiary/aromatic N) is 1. The number of ether oxygens (including phenoxy) is 1. The van der Waals surface area contributed by atoms with Gasteiger partial charge in [-0.3, -0.25) is 4.90 Å². The molecule has 2 aliphatic heterocycles. The first-order valence-corrected chi connectivity index (χ1v) is 7.26. The summed E-state index contributed by atoms with van der Waals surface area (Å²) in [6.45, 7) is 2.40. The second-order valence-electron chi connectivity index (χ2n) is 5.70. The van der Waals surface area contributed by atoms with Gasteiger partial charge < -0.3 is 9.84 Å². The zero-order chi connectivity index (χ0) is 14.8. The Bertz CT molecular complexity index is 547. The highest BCUT2D eigenvalue weighted by Gasteiger charge is 2.34. The Morgan fingerprint density at radius 3 is 2.95 bits per heavy atom. The molecule has 0 aliphatic carbocycles. The lowest BCUT2D eigenvalue weighted by Gasteiger charge is -2.27. The number of likely N-dealkylation sites (tertiary alicyclic amines) is 1. The fourth-order valence-corrected chi connectivity index (χ4v) is 3.13. The van der Waals surface area contributed by atoms with E-state index in [2.05, 4.69) is 6.08 Å². The van der Waals surface area contributed by atoms with Crippen molar-refractivity contribution in [2.45, 2.75) is 25.0 Å². The largest absolute Gasteiger partial charge is 0.392 e. The zero-order valence-corrected chi connectivity index (χ0v) is 11.8. The molecule has 0 aromatic heterocycles. The monoisotopic (exact) mass is 295 g/mol.